The van der Waals surface area contributed by atoms with Crippen molar-refractivity contribution in [3.8, 4) is 0 Å². The summed E-state index contributed by atoms with van der Waals surface area (Å²) in [7, 11) is 0. The zero-order valence-corrected chi connectivity index (χ0v) is 12.9. The molecular weight excluding hydrogens is 246 g/mol. The highest BCUT2D eigenvalue weighted by Crippen LogP contribution is 2.61. The third-order valence-electron chi connectivity index (χ3n) is 6.26. The van der Waals surface area contributed by atoms with Crippen molar-refractivity contribution in [2.75, 3.05) is 5.73 Å². The quantitative estimate of drug-likeness (QED) is 0.915. The fraction of sp³-hybridized carbons (Fsp3) is 0.824. The minimum Gasteiger partial charge on any atom is -0.384 e. The molecule has 5 rings (SSSR count). The number of hydrogen-bond donors (Lipinski definition) is 1. The lowest BCUT2D eigenvalue weighted by atomic mass is 9.49. The Bertz CT molecular complexity index is 493. The highest BCUT2D eigenvalue weighted by Gasteiger charge is 2.53. The second-order valence-electron chi connectivity index (χ2n) is 7.56. The van der Waals surface area contributed by atoms with Crippen molar-refractivity contribution in [1.82, 2.24) is 9.55 Å². The van der Waals surface area contributed by atoms with Crippen LogP contribution in [-0.2, 0) is 18.4 Å². The molecule has 3 heteroatoms. The van der Waals surface area contributed by atoms with Crippen LogP contribution in [-0.4, -0.2) is 9.55 Å². The molecule has 0 saturated heterocycles. The number of aryl methyl sites for hydroxylation is 1. The molecule has 0 aliphatic heterocycles. The highest BCUT2D eigenvalue weighted by molar-refractivity contribution is 5.45. The van der Waals surface area contributed by atoms with Gasteiger partial charge in [0.15, 0.2) is 0 Å². The molecule has 0 amide bonds. The van der Waals surface area contributed by atoms with Crippen molar-refractivity contribution in [1.29, 1.82) is 0 Å². The molecule has 110 valence electrons. The van der Waals surface area contributed by atoms with Crippen molar-refractivity contribution in [3.05, 3.63) is 11.5 Å². The van der Waals surface area contributed by atoms with Crippen molar-refractivity contribution in [3.63, 3.8) is 0 Å². The third-order valence-corrected chi connectivity index (χ3v) is 6.26. The van der Waals surface area contributed by atoms with E-state index in [0.29, 0.717) is 5.41 Å². The van der Waals surface area contributed by atoms with E-state index in [1.54, 1.807) is 0 Å². The molecule has 0 radical (unpaired) electrons. The van der Waals surface area contributed by atoms with Crippen LogP contribution in [0, 0.1) is 17.8 Å². The van der Waals surface area contributed by atoms with Crippen LogP contribution in [0.3, 0.4) is 0 Å². The van der Waals surface area contributed by atoms with Gasteiger partial charge in [-0.15, -0.1) is 0 Å². The Balaban J connectivity index is 1.79. The number of nitrogens with two attached hydrogens (primary N) is 1. The molecule has 0 aromatic carbocycles. The molecule has 4 fully saturated rings. The predicted octanol–water partition coefficient (Wildman–Crippen LogP) is 3.52. The zero-order chi connectivity index (χ0) is 13.9. The van der Waals surface area contributed by atoms with E-state index in [1.165, 1.54) is 50.0 Å². The van der Waals surface area contributed by atoms with Crippen molar-refractivity contribution >= 4 is 5.82 Å². The second-order valence-corrected chi connectivity index (χ2v) is 7.56. The molecule has 3 nitrogen and oxygen atoms in total. The zero-order valence-electron chi connectivity index (χ0n) is 12.9. The van der Waals surface area contributed by atoms with E-state index in [2.05, 4.69) is 18.4 Å². The van der Waals surface area contributed by atoms with Crippen LogP contribution < -0.4 is 5.73 Å². The smallest absolute Gasteiger partial charge is 0.127 e. The fourth-order valence-electron chi connectivity index (χ4n) is 5.93. The minimum atomic E-state index is 0.336. The standard InChI is InChI=1S/C17H27N3/c1-3-14-19-15(16(18)20(14)4-2)17-8-11-5-12(9-17)7-13(6-11)10-17/h11-13H,3-10,18H2,1-2H3. The Morgan fingerprint density at radius 3 is 2.05 bits per heavy atom. The summed E-state index contributed by atoms with van der Waals surface area (Å²) in [5.74, 6) is 5.04. The third kappa shape index (κ3) is 1.61. The van der Waals surface area contributed by atoms with Crippen LogP contribution in [0.1, 0.15) is 63.9 Å². The summed E-state index contributed by atoms with van der Waals surface area (Å²) in [6.45, 7) is 5.33. The SMILES string of the molecule is CCc1nc(C23CC4CC(CC(C4)C2)C3)c(N)n1CC. The first-order valence-corrected chi connectivity index (χ1v) is 8.50. The van der Waals surface area contributed by atoms with E-state index in [9.17, 15) is 0 Å². The normalized spacial score (nSPS) is 38.6. The molecule has 0 unspecified atom stereocenters. The molecule has 1 aromatic heterocycles. The molecule has 0 atom stereocenters. The first-order chi connectivity index (χ1) is 9.65. The van der Waals surface area contributed by atoms with Gasteiger partial charge in [0, 0.05) is 18.4 Å². The Morgan fingerprint density at radius 2 is 1.65 bits per heavy atom. The van der Waals surface area contributed by atoms with Crippen LogP contribution in [0.25, 0.3) is 0 Å². The second kappa shape index (κ2) is 4.25. The lowest BCUT2D eigenvalue weighted by Gasteiger charge is -2.56. The van der Waals surface area contributed by atoms with Gasteiger partial charge in [-0.2, -0.15) is 0 Å². The topological polar surface area (TPSA) is 43.8 Å². The largest absolute Gasteiger partial charge is 0.384 e. The van der Waals surface area contributed by atoms with E-state index < -0.39 is 0 Å². The average Bonchev–Trinajstić information content (AvgIpc) is 2.74. The summed E-state index contributed by atoms with van der Waals surface area (Å²) in [4.78, 5) is 5.03. The number of rotatable bonds is 3. The van der Waals surface area contributed by atoms with Gasteiger partial charge in [0.25, 0.3) is 0 Å². The monoisotopic (exact) mass is 273 g/mol. The number of aromatic nitrogens is 2. The number of nitrogens with zero attached hydrogens (tertiary/aromatic N) is 2. The Kier molecular flexibility index (Phi) is 2.71. The minimum absolute atomic E-state index is 0.336. The predicted molar refractivity (Wildman–Crippen MR) is 81.5 cm³/mol. The van der Waals surface area contributed by atoms with Crippen molar-refractivity contribution in [2.24, 2.45) is 17.8 Å². The van der Waals surface area contributed by atoms with Gasteiger partial charge in [0.2, 0.25) is 0 Å². The van der Waals surface area contributed by atoms with Gasteiger partial charge in [-0.3, -0.25) is 0 Å². The van der Waals surface area contributed by atoms with Gasteiger partial charge < -0.3 is 10.3 Å². The van der Waals surface area contributed by atoms with E-state index in [0.717, 1.165) is 36.5 Å². The number of nitrogen functional groups attached to an aromatic ring is 1. The van der Waals surface area contributed by atoms with Crippen molar-refractivity contribution in [2.45, 2.75) is 70.8 Å². The van der Waals surface area contributed by atoms with Gasteiger partial charge >= 0.3 is 0 Å². The van der Waals surface area contributed by atoms with E-state index in [4.69, 9.17) is 10.7 Å². The first-order valence-electron chi connectivity index (χ1n) is 8.50. The lowest BCUT2D eigenvalue weighted by molar-refractivity contribution is -0.00671. The summed E-state index contributed by atoms with van der Waals surface area (Å²) in [5, 5.41) is 0. The van der Waals surface area contributed by atoms with Crippen LogP contribution in [0.4, 0.5) is 5.82 Å². The van der Waals surface area contributed by atoms with Crippen LogP contribution in [0.15, 0.2) is 0 Å². The molecular formula is C17H27N3. The van der Waals surface area contributed by atoms with E-state index >= 15 is 0 Å². The lowest BCUT2D eigenvalue weighted by Crippen LogP contribution is -2.49. The summed E-state index contributed by atoms with van der Waals surface area (Å²) >= 11 is 0. The van der Waals surface area contributed by atoms with E-state index in [-0.39, 0.29) is 0 Å². The molecule has 1 heterocycles. The summed E-state index contributed by atoms with van der Waals surface area (Å²) in [6, 6.07) is 0. The Morgan fingerprint density at radius 1 is 1.10 bits per heavy atom. The molecule has 1 aromatic rings. The van der Waals surface area contributed by atoms with Gasteiger partial charge in [0.1, 0.15) is 11.6 Å². The first kappa shape index (κ1) is 12.7. The van der Waals surface area contributed by atoms with Crippen LogP contribution in [0.5, 0.6) is 0 Å². The molecule has 20 heavy (non-hydrogen) atoms. The maximum absolute atomic E-state index is 6.51. The van der Waals surface area contributed by atoms with E-state index in [1.807, 2.05) is 0 Å². The highest BCUT2D eigenvalue weighted by atomic mass is 15.1. The summed E-state index contributed by atoms with van der Waals surface area (Å²) in [5.41, 5.74) is 8.12. The van der Waals surface area contributed by atoms with Gasteiger partial charge in [-0.05, 0) is 63.2 Å². The Labute approximate surface area is 122 Å². The molecule has 0 spiro atoms. The average molecular weight is 273 g/mol. The number of hydrogen-bond acceptors (Lipinski definition) is 2. The summed E-state index contributed by atoms with van der Waals surface area (Å²) < 4.78 is 2.24. The summed E-state index contributed by atoms with van der Waals surface area (Å²) in [6.07, 6.45) is 9.49. The fourth-order valence-corrected chi connectivity index (χ4v) is 5.93. The molecule has 4 bridgehead atoms. The molecule has 4 aliphatic carbocycles. The van der Waals surface area contributed by atoms with Crippen molar-refractivity contribution < 1.29 is 0 Å². The van der Waals surface area contributed by atoms with Gasteiger partial charge in [0.05, 0.1) is 5.69 Å². The van der Waals surface area contributed by atoms with Crippen LogP contribution in [0.2, 0.25) is 0 Å². The van der Waals surface area contributed by atoms with Gasteiger partial charge in [-0.25, -0.2) is 4.98 Å². The Hall–Kier alpha value is -0.990. The van der Waals surface area contributed by atoms with Gasteiger partial charge in [-0.1, -0.05) is 6.92 Å². The number of anilines is 1. The van der Waals surface area contributed by atoms with Crippen LogP contribution >= 0.6 is 0 Å². The maximum atomic E-state index is 6.51. The maximum Gasteiger partial charge on any atom is 0.127 e. The molecule has 2 N–H and O–H groups in total. The molecule has 4 saturated carbocycles. The molecule has 4 aliphatic rings. The number of imidazole rings is 1.